The van der Waals surface area contributed by atoms with Crippen molar-refractivity contribution in [2.75, 3.05) is 13.1 Å². The Kier molecular flexibility index (Phi) is 3.09. The third-order valence-corrected chi connectivity index (χ3v) is 2.49. The van der Waals surface area contributed by atoms with Gasteiger partial charge in [-0.15, -0.1) is 6.58 Å². The molecule has 1 rings (SSSR count). The second-order valence-corrected chi connectivity index (χ2v) is 3.35. The molecule has 0 radical (unpaired) electrons. The van der Waals surface area contributed by atoms with E-state index in [2.05, 4.69) is 18.4 Å². The van der Waals surface area contributed by atoms with Crippen LogP contribution in [0.2, 0.25) is 0 Å². The Morgan fingerprint density at radius 2 is 2.09 bits per heavy atom. The van der Waals surface area contributed by atoms with Crippen LogP contribution in [0.3, 0.4) is 0 Å². The molecule has 1 saturated heterocycles. The molecule has 1 unspecified atom stereocenters. The van der Waals surface area contributed by atoms with E-state index in [1.165, 1.54) is 0 Å². The quantitative estimate of drug-likeness (QED) is 0.601. The van der Waals surface area contributed by atoms with Crippen molar-refractivity contribution >= 4 is 0 Å². The van der Waals surface area contributed by atoms with E-state index in [4.69, 9.17) is 5.73 Å². The van der Waals surface area contributed by atoms with E-state index >= 15 is 0 Å². The highest BCUT2D eigenvalue weighted by molar-refractivity contribution is 4.87. The monoisotopic (exact) mass is 154 g/mol. The number of nitrogens with zero attached hydrogens (tertiary/aromatic N) is 1. The van der Waals surface area contributed by atoms with Gasteiger partial charge in [-0.25, -0.2) is 0 Å². The molecule has 1 aliphatic heterocycles. The van der Waals surface area contributed by atoms with Gasteiger partial charge in [0.1, 0.15) is 0 Å². The maximum absolute atomic E-state index is 5.79. The third kappa shape index (κ3) is 2.31. The molecule has 1 fully saturated rings. The molecule has 1 heterocycles. The van der Waals surface area contributed by atoms with E-state index < -0.39 is 0 Å². The van der Waals surface area contributed by atoms with Crippen LogP contribution < -0.4 is 5.73 Å². The third-order valence-electron chi connectivity index (χ3n) is 2.49. The van der Waals surface area contributed by atoms with Gasteiger partial charge >= 0.3 is 0 Å². The van der Waals surface area contributed by atoms with Crippen LogP contribution in [0.15, 0.2) is 12.7 Å². The lowest BCUT2D eigenvalue weighted by Crippen LogP contribution is -2.43. The fourth-order valence-corrected chi connectivity index (χ4v) is 1.48. The molecule has 0 aliphatic carbocycles. The maximum atomic E-state index is 5.79. The molecule has 0 aromatic heterocycles. The van der Waals surface area contributed by atoms with Crippen molar-refractivity contribution in [2.45, 2.75) is 31.8 Å². The molecule has 0 aromatic carbocycles. The number of nitrogens with two attached hydrogens (primary N) is 1. The summed E-state index contributed by atoms with van der Waals surface area (Å²) in [6, 6.07) is 0.950. The minimum absolute atomic E-state index is 0.434. The van der Waals surface area contributed by atoms with Gasteiger partial charge in [0.25, 0.3) is 0 Å². The van der Waals surface area contributed by atoms with E-state index in [0.717, 1.165) is 25.9 Å². The molecule has 2 N–H and O–H groups in total. The zero-order chi connectivity index (χ0) is 8.27. The Bertz CT molecular complexity index is 126. The van der Waals surface area contributed by atoms with E-state index in [1.54, 1.807) is 0 Å². The molecule has 1 atom stereocenters. The number of likely N-dealkylation sites (tertiary alicyclic amines) is 1. The van der Waals surface area contributed by atoms with E-state index in [-0.39, 0.29) is 0 Å². The minimum Gasteiger partial charge on any atom is -0.328 e. The lowest BCUT2D eigenvalue weighted by Gasteiger charge is -2.33. The molecular weight excluding hydrogens is 136 g/mol. The molecule has 0 amide bonds. The Morgan fingerprint density at radius 1 is 1.55 bits per heavy atom. The van der Waals surface area contributed by atoms with Crippen molar-refractivity contribution in [3.63, 3.8) is 0 Å². The Morgan fingerprint density at radius 3 is 2.55 bits per heavy atom. The van der Waals surface area contributed by atoms with Gasteiger partial charge < -0.3 is 5.73 Å². The van der Waals surface area contributed by atoms with Crippen LogP contribution in [-0.2, 0) is 0 Å². The van der Waals surface area contributed by atoms with Gasteiger partial charge in [-0.05, 0) is 19.8 Å². The van der Waals surface area contributed by atoms with Gasteiger partial charge in [0, 0.05) is 25.2 Å². The van der Waals surface area contributed by atoms with Crippen LogP contribution in [0, 0.1) is 0 Å². The van der Waals surface area contributed by atoms with Crippen molar-refractivity contribution < 1.29 is 0 Å². The standard InChI is InChI=1S/C9H18N2/c1-3-8(2)11-6-4-9(10)5-7-11/h3,8-9H,1,4-7,10H2,2H3. The first-order valence-electron chi connectivity index (χ1n) is 4.36. The minimum atomic E-state index is 0.434. The first-order valence-corrected chi connectivity index (χ1v) is 4.36. The second-order valence-electron chi connectivity index (χ2n) is 3.35. The molecule has 0 spiro atoms. The predicted octanol–water partition coefficient (Wildman–Crippen LogP) is 0.984. The SMILES string of the molecule is C=CC(C)N1CCC(N)CC1. The normalized spacial score (nSPS) is 24.9. The van der Waals surface area contributed by atoms with Crippen molar-refractivity contribution in [1.29, 1.82) is 0 Å². The molecule has 2 heteroatoms. The van der Waals surface area contributed by atoms with Gasteiger partial charge in [-0.2, -0.15) is 0 Å². The van der Waals surface area contributed by atoms with Crippen molar-refractivity contribution in [1.82, 2.24) is 4.90 Å². The van der Waals surface area contributed by atoms with Crippen LogP contribution in [-0.4, -0.2) is 30.1 Å². The molecule has 0 saturated carbocycles. The summed E-state index contributed by atoms with van der Waals surface area (Å²) in [5.74, 6) is 0. The fourth-order valence-electron chi connectivity index (χ4n) is 1.48. The van der Waals surface area contributed by atoms with E-state index in [0.29, 0.717) is 12.1 Å². The summed E-state index contributed by atoms with van der Waals surface area (Å²) in [5.41, 5.74) is 5.79. The lowest BCUT2D eigenvalue weighted by molar-refractivity contribution is 0.188. The van der Waals surface area contributed by atoms with Crippen molar-refractivity contribution in [3.8, 4) is 0 Å². The highest BCUT2D eigenvalue weighted by Crippen LogP contribution is 2.11. The molecule has 2 nitrogen and oxygen atoms in total. The van der Waals surface area contributed by atoms with Gasteiger partial charge in [-0.1, -0.05) is 6.08 Å². The van der Waals surface area contributed by atoms with Crippen molar-refractivity contribution in [2.24, 2.45) is 5.73 Å². The summed E-state index contributed by atoms with van der Waals surface area (Å²) < 4.78 is 0. The number of rotatable bonds is 2. The molecule has 0 aromatic rings. The molecular formula is C9H18N2. The highest BCUT2D eigenvalue weighted by atomic mass is 15.2. The summed E-state index contributed by atoms with van der Waals surface area (Å²) in [5, 5.41) is 0. The van der Waals surface area contributed by atoms with Gasteiger partial charge in [-0.3, -0.25) is 4.90 Å². The fraction of sp³-hybridized carbons (Fsp3) is 0.778. The average Bonchev–Trinajstić information content (AvgIpc) is 2.05. The molecule has 1 aliphatic rings. The second kappa shape index (κ2) is 3.88. The van der Waals surface area contributed by atoms with Crippen LogP contribution in [0.1, 0.15) is 19.8 Å². The zero-order valence-electron chi connectivity index (χ0n) is 7.29. The average molecular weight is 154 g/mol. The predicted molar refractivity (Wildman–Crippen MR) is 48.4 cm³/mol. The van der Waals surface area contributed by atoms with Crippen LogP contribution in [0.4, 0.5) is 0 Å². The van der Waals surface area contributed by atoms with E-state index in [1.807, 2.05) is 6.08 Å². The summed E-state index contributed by atoms with van der Waals surface area (Å²) in [4.78, 5) is 2.43. The van der Waals surface area contributed by atoms with Crippen LogP contribution in [0.5, 0.6) is 0 Å². The first kappa shape index (κ1) is 8.75. The maximum Gasteiger partial charge on any atom is 0.0247 e. The topological polar surface area (TPSA) is 29.3 Å². The molecule has 11 heavy (non-hydrogen) atoms. The van der Waals surface area contributed by atoms with Gasteiger partial charge in [0.05, 0.1) is 0 Å². The first-order chi connectivity index (χ1) is 5.24. The highest BCUT2D eigenvalue weighted by Gasteiger charge is 2.18. The van der Waals surface area contributed by atoms with Crippen LogP contribution in [0.25, 0.3) is 0 Å². The lowest BCUT2D eigenvalue weighted by atomic mass is 10.0. The summed E-state index contributed by atoms with van der Waals surface area (Å²) >= 11 is 0. The summed E-state index contributed by atoms with van der Waals surface area (Å²) in [6.45, 7) is 8.23. The summed E-state index contributed by atoms with van der Waals surface area (Å²) in [6.07, 6.45) is 4.27. The largest absolute Gasteiger partial charge is 0.328 e. The summed E-state index contributed by atoms with van der Waals surface area (Å²) in [7, 11) is 0. The number of hydrogen-bond acceptors (Lipinski definition) is 2. The van der Waals surface area contributed by atoms with Crippen LogP contribution >= 0.6 is 0 Å². The van der Waals surface area contributed by atoms with Crippen molar-refractivity contribution in [3.05, 3.63) is 12.7 Å². The van der Waals surface area contributed by atoms with Gasteiger partial charge in [0.15, 0.2) is 0 Å². The Balaban J connectivity index is 2.32. The smallest absolute Gasteiger partial charge is 0.0247 e. The molecule has 64 valence electrons. The van der Waals surface area contributed by atoms with E-state index in [9.17, 15) is 0 Å². The zero-order valence-corrected chi connectivity index (χ0v) is 7.29. The van der Waals surface area contributed by atoms with Gasteiger partial charge in [0.2, 0.25) is 0 Å². The number of piperidine rings is 1. The number of hydrogen-bond donors (Lipinski definition) is 1. The Hall–Kier alpha value is -0.340. The molecule has 0 bridgehead atoms. The Labute approximate surface area is 69.1 Å².